The van der Waals surface area contributed by atoms with Crippen molar-refractivity contribution in [2.75, 3.05) is 6.61 Å². The fourth-order valence-corrected chi connectivity index (χ4v) is 2.33. The summed E-state index contributed by atoms with van der Waals surface area (Å²) in [7, 11) is 0. The van der Waals surface area contributed by atoms with Gasteiger partial charge in [-0.25, -0.2) is 4.79 Å². The molecule has 0 spiro atoms. The second-order valence-electron chi connectivity index (χ2n) is 5.74. The smallest absolute Gasteiger partial charge is 0.341 e. The number of benzene rings is 2. The maximum absolute atomic E-state index is 12.2. The molecule has 1 unspecified atom stereocenters. The van der Waals surface area contributed by atoms with Gasteiger partial charge in [0.2, 0.25) is 0 Å². The van der Waals surface area contributed by atoms with Crippen molar-refractivity contribution in [2.24, 2.45) is 0 Å². The van der Waals surface area contributed by atoms with Crippen LogP contribution in [-0.4, -0.2) is 29.7 Å². The molecule has 0 saturated heterocycles. The maximum atomic E-state index is 12.2. The van der Waals surface area contributed by atoms with E-state index in [2.05, 4.69) is 5.32 Å². The van der Waals surface area contributed by atoms with Crippen LogP contribution in [0.15, 0.2) is 42.5 Å². The van der Waals surface area contributed by atoms with Crippen LogP contribution in [0, 0.1) is 6.92 Å². The molecule has 7 heteroatoms. The van der Waals surface area contributed by atoms with Crippen molar-refractivity contribution >= 4 is 23.5 Å². The third-order valence-corrected chi connectivity index (χ3v) is 3.80. The summed E-state index contributed by atoms with van der Waals surface area (Å²) in [5.41, 5.74) is 1.76. The van der Waals surface area contributed by atoms with Gasteiger partial charge >= 0.3 is 5.97 Å². The van der Waals surface area contributed by atoms with Crippen LogP contribution in [0.3, 0.4) is 0 Å². The molecule has 0 aliphatic carbocycles. The summed E-state index contributed by atoms with van der Waals surface area (Å²) < 4.78 is 10.7. The average Bonchev–Trinajstić information content (AvgIpc) is 2.61. The van der Waals surface area contributed by atoms with E-state index in [1.54, 1.807) is 43.3 Å². The second-order valence-corrected chi connectivity index (χ2v) is 6.15. The Balaban J connectivity index is 1.90. The van der Waals surface area contributed by atoms with E-state index in [-0.39, 0.29) is 12.5 Å². The predicted octanol–water partition coefficient (Wildman–Crippen LogP) is 3.20. The molecule has 0 aliphatic heterocycles. The zero-order valence-corrected chi connectivity index (χ0v) is 15.2. The number of carboxylic acid groups (broad SMARTS) is 1. The lowest BCUT2D eigenvalue weighted by Gasteiger charge is -2.16. The molecule has 26 heavy (non-hydrogen) atoms. The van der Waals surface area contributed by atoms with Crippen molar-refractivity contribution in [3.63, 3.8) is 0 Å². The van der Waals surface area contributed by atoms with E-state index in [1.807, 2.05) is 13.0 Å². The summed E-state index contributed by atoms with van der Waals surface area (Å²) >= 11 is 6.07. The minimum atomic E-state index is -1.05. The summed E-state index contributed by atoms with van der Waals surface area (Å²) in [5, 5.41) is 11.8. The Labute approximate surface area is 156 Å². The van der Waals surface area contributed by atoms with Crippen molar-refractivity contribution in [1.29, 1.82) is 0 Å². The van der Waals surface area contributed by atoms with Crippen molar-refractivity contribution < 1.29 is 24.2 Å². The Bertz CT molecular complexity index is 793. The number of aryl methyl sites for hydroxylation is 1. The first-order chi connectivity index (χ1) is 12.3. The largest absolute Gasteiger partial charge is 0.482 e. The zero-order valence-electron chi connectivity index (χ0n) is 14.5. The summed E-state index contributed by atoms with van der Waals surface area (Å²) in [5.74, 6) is -0.461. The third-order valence-electron chi connectivity index (χ3n) is 3.49. The topological polar surface area (TPSA) is 84.9 Å². The van der Waals surface area contributed by atoms with Gasteiger partial charge in [-0.15, -0.1) is 0 Å². The van der Waals surface area contributed by atoms with Crippen LogP contribution in [0.4, 0.5) is 0 Å². The Hall–Kier alpha value is -2.73. The normalized spacial score (nSPS) is 11.5. The highest BCUT2D eigenvalue weighted by atomic mass is 35.5. The van der Waals surface area contributed by atoms with Gasteiger partial charge in [-0.05, 0) is 49.2 Å². The molecule has 138 valence electrons. The monoisotopic (exact) mass is 377 g/mol. The number of rotatable bonds is 8. The van der Waals surface area contributed by atoms with Crippen LogP contribution >= 0.6 is 11.6 Å². The molecule has 2 aromatic rings. The van der Waals surface area contributed by atoms with Crippen LogP contribution in [-0.2, 0) is 16.1 Å². The molecule has 0 bridgehead atoms. The lowest BCUT2D eigenvalue weighted by molar-refractivity contribution is -0.139. The average molecular weight is 378 g/mol. The van der Waals surface area contributed by atoms with Crippen molar-refractivity contribution in [3.8, 4) is 11.5 Å². The molecule has 0 radical (unpaired) electrons. The summed E-state index contributed by atoms with van der Waals surface area (Å²) in [6.07, 6.45) is -0.722. The summed E-state index contributed by atoms with van der Waals surface area (Å²) in [6, 6.07) is 12.2. The molecule has 0 aromatic heterocycles. The number of aliphatic carboxylic acids is 1. The molecule has 2 aromatic carbocycles. The van der Waals surface area contributed by atoms with Gasteiger partial charge in [-0.2, -0.15) is 0 Å². The summed E-state index contributed by atoms with van der Waals surface area (Å²) in [4.78, 5) is 22.8. The number of ether oxygens (including phenoxy) is 2. The molecule has 0 saturated carbocycles. The van der Waals surface area contributed by atoms with E-state index >= 15 is 0 Å². The number of carbonyl (C=O) groups excluding carboxylic acids is 1. The first-order valence-electron chi connectivity index (χ1n) is 7.99. The highest BCUT2D eigenvalue weighted by Gasteiger charge is 2.16. The van der Waals surface area contributed by atoms with E-state index in [0.717, 1.165) is 11.1 Å². The molecular formula is C19H20ClNO5. The van der Waals surface area contributed by atoms with Gasteiger partial charge in [0.25, 0.3) is 5.91 Å². The van der Waals surface area contributed by atoms with Crippen LogP contribution in [0.5, 0.6) is 11.5 Å². The van der Waals surface area contributed by atoms with E-state index in [0.29, 0.717) is 16.5 Å². The molecule has 0 heterocycles. The number of hydrogen-bond acceptors (Lipinski definition) is 4. The summed E-state index contributed by atoms with van der Waals surface area (Å²) in [6.45, 7) is 3.39. The van der Waals surface area contributed by atoms with Gasteiger partial charge in [0.05, 0.1) is 5.02 Å². The number of hydrogen-bond donors (Lipinski definition) is 2. The minimum Gasteiger partial charge on any atom is -0.482 e. The SMILES string of the molecule is Cc1ccc(Cl)c(OC(C)C(=O)NCc2cccc(OCC(=O)O)c2)c1. The number of carboxylic acids is 1. The fourth-order valence-electron chi connectivity index (χ4n) is 2.17. The molecule has 0 aliphatic rings. The van der Waals surface area contributed by atoms with Gasteiger partial charge in [0.15, 0.2) is 12.7 Å². The van der Waals surface area contributed by atoms with Gasteiger partial charge in [-0.3, -0.25) is 4.79 Å². The fraction of sp³-hybridized carbons (Fsp3) is 0.263. The molecule has 1 amide bonds. The molecule has 2 N–H and O–H groups in total. The lowest BCUT2D eigenvalue weighted by atomic mass is 10.2. The van der Waals surface area contributed by atoms with E-state index in [4.69, 9.17) is 26.2 Å². The Morgan fingerprint density at radius 1 is 1.23 bits per heavy atom. The highest BCUT2D eigenvalue weighted by molar-refractivity contribution is 6.32. The van der Waals surface area contributed by atoms with Gasteiger partial charge in [-0.1, -0.05) is 29.8 Å². The van der Waals surface area contributed by atoms with Crippen LogP contribution in [0.2, 0.25) is 5.02 Å². The molecule has 0 fully saturated rings. The number of halogens is 1. The second kappa shape index (κ2) is 9.10. The van der Waals surface area contributed by atoms with Crippen LogP contribution < -0.4 is 14.8 Å². The van der Waals surface area contributed by atoms with Crippen molar-refractivity contribution in [1.82, 2.24) is 5.32 Å². The molecule has 6 nitrogen and oxygen atoms in total. The van der Waals surface area contributed by atoms with Crippen LogP contribution in [0.25, 0.3) is 0 Å². The molecular weight excluding hydrogens is 358 g/mol. The van der Waals surface area contributed by atoms with Crippen molar-refractivity contribution in [2.45, 2.75) is 26.5 Å². The van der Waals surface area contributed by atoms with Crippen molar-refractivity contribution in [3.05, 3.63) is 58.6 Å². The number of amides is 1. The highest BCUT2D eigenvalue weighted by Crippen LogP contribution is 2.26. The quantitative estimate of drug-likeness (QED) is 0.738. The Morgan fingerprint density at radius 3 is 2.73 bits per heavy atom. The van der Waals surface area contributed by atoms with E-state index in [9.17, 15) is 9.59 Å². The Morgan fingerprint density at radius 2 is 2.00 bits per heavy atom. The first-order valence-corrected chi connectivity index (χ1v) is 8.37. The third kappa shape index (κ3) is 5.97. The minimum absolute atomic E-state index is 0.262. The lowest BCUT2D eigenvalue weighted by Crippen LogP contribution is -2.36. The van der Waals surface area contributed by atoms with E-state index < -0.39 is 18.7 Å². The van der Waals surface area contributed by atoms with Gasteiger partial charge < -0.3 is 19.9 Å². The van der Waals surface area contributed by atoms with Gasteiger partial charge in [0.1, 0.15) is 11.5 Å². The number of nitrogens with one attached hydrogen (secondary N) is 1. The zero-order chi connectivity index (χ0) is 19.1. The van der Waals surface area contributed by atoms with Gasteiger partial charge in [0, 0.05) is 6.54 Å². The number of carbonyl (C=O) groups is 2. The van der Waals surface area contributed by atoms with E-state index in [1.165, 1.54) is 0 Å². The first kappa shape index (κ1) is 19.6. The Kier molecular flexibility index (Phi) is 6.86. The molecule has 1 atom stereocenters. The predicted molar refractivity (Wildman–Crippen MR) is 97.7 cm³/mol. The van der Waals surface area contributed by atoms with Crippen LogP contribution in [0.1, 0.15) is 18.1 Å². The molecule has 2 rings (SSSR count). The maximum Gasteiger partial charge on any atom is 0.341 e. The standard InChI is InChI=1S/C19H20ClNO5/c1-12-6-7-16(20)17(8-12)26-13(2)19(24)21-10-14-4-3-5-15(9-14)25-11-18(22)23/h3-9,13H,10-11H2,1-2H3,(H,21,24)(H,22,23).